The molecule has 1 N–H and O–H groups in total. The summed E-state index contributed by atoms with van der Waals surface area (Å²) in [6.07, 6.45) is 1.04. The van der Waals surface area contributed by atoms with Crippen LogP contribution in [0.2, 0.25) is 0 Å². The molecule has 0 aliphatic rings. The van der Waals surface area contributed by atoms with E-state index in [1.807, 2.05) is 0 Å². The summed E-state index contributed by atoms with van der Waals surface area (Å²) in [6.45, 7) is 3.57. The topological polar surface area (TPSA) is 92.8 Å². The fourth-order valence-corrected chi connectivity index (χ4v) is 4.01. The van der Waals surface area contributed by atoms with Gasteiger partial charge in [-0.25, -0.2) is 17.6 Å². The molecule has 1 atom stereocenters. The highest BCUT2D eigenvalue weighted by molar-refractivity contribution is 7.92. The number of nitrogens with one attached hydrogen (secondary N) is 1. The van der Waals surface area contributed by atoms with Crippen molar-refractivity contribution in [1.82, 2.24) is 0 Å². The second-order valence-corrected chi connectivity index (χ2v) is 8.08. The van der Waals surface area contributed by atoms with Gasteiger partial charge >= 0.3 is 5.97 Å². The maximum Gasteiger partial charge on any atom is 0.338 e. The van der Waals surface area contributed by atoms with Gasteiger partial charge in [-0.05, 0) is 49.7 Å². The number of benzene rings is 2. The second-order valence-electron chi connectivity index (χ2n) is 6.22. The molecule has 0 fully saturated rings. The number of rotatable bonds is 8. The van der Waals surface area contributed by atoms with Gasteiger partial charge in [-0.2, -0.15) is 0 Å². The molecule has 0 saturated carbocycles. The molecular weight excluding hydrogens is 399 g/mol. The first kappa shape index (κ1) is 22.4. The molecule has 7 nitrogen and oxygen atoms in total. The Kier molecular flexibility index (Phi) is 7.33. The number of esters is 1. The van der Waals surface area contributed by atoms with Crippen molar-refractivity contribution in [2.24, 2.45) is 0 Å². The first-order chi connectivity index (χ1) is 13.7. The number of para-hydroxylation sites is 1. The molecule has 0 unspecified atom stereocenters. The van der Waals surface area contributed by atoms with Gasteiger partial charge < -0.3 is 10.1 Å². The van der Waals surface area contributed by atoms with Crippen LogP contribution in [0.15, 0.2) is 48.5 Å². The van der Waals surface area contributed by atoms with Gasteiger partial charge in [-0.1, -0.05) is 19.1 Å². The van der Waals surface area contributed by atoms with Gasteiger partial charge in [0, 0.05) is 5.69 Å². The molecule has 0 aromatic heterocycles. The Hall–Kier alpha value is -2.94. The Bertz CT molecular complexity index is 977. The van der Waals surface area contributed by atoms with Crippen molar-refractivity contribution >= 4 is 33.3 Å². The van der Waals surface area contributed by atoms with E-state index in [0.29, 0.717) is 11.3 Å². The fourth-order valence-electron chi connectivity index (χ4n) is 2.80. The van der Waals surface area contributed by atoms with Crippen LogP contribution in [0.5, 0.6) is 0 Å². The van der Waals surface area contributed by atoms with E-state index >= 15 is 0 Å². The summed E-state index contributed by atoms with van der Waals surface area (Å²) in [5, 5.41) is 2.61. The Labute approximate surface area is 169 Å². The third kappa shape index (κ3) is 5.54. The molecule has 0 aliphatic carbocycles. The van der Waals surface area contributed by atoms with Crippen molar-refractivity contribution in [3.63, 3.8) is 0 Å². The lowest BCUT2D eigenvalue weighted by atomic mass is 10.1. The molecule has 0 bridgehead atoms. The molecule has 1 amide bonds. The number of hydrogen-bond donors (Lipinski definition) is 1. The number of carbonyl (C=O) groups is 2. The fraction of sp³-hybridized carbons (Fsp3) is 0.300. The van der Waals surface area contributed by atoms with Crippen molar-refractivity contribution in [2.45, 2.75) is 26.3 Å². The van der Waals surface area contributed by atoms with Crippen LogP contribution in [0.1, 0.15) is 30.6 Å². The van der Waals surface area contributed by atoms with E-state index in [0.717, 1.165) is 16.6 Å². The number of carbonyl (C=O) groups excluding carboxylic acids is 2. The predicted octanol–water partition coefficient (Wildman–Crippen LogP) is 3.19. The second kappa shape index (κ2) is 9.51. The van der Waals surface area contributed by atoms with Gasteiger partial charge in [0.25, 0.3) is 0 Å². The number of amides is 1. The van der Waals surface area contributed by atoms with Gasteiger partial charge in [-0.3, -0.25) is 9.10 Å². The molecule has 2 aromatic rings. The summed E-state index contributed by atoms with van der Waals surface area (Å²) < 4.78 is 44.6. The summed E-state index contributed by atoms with van der Waals surface area (Å²) >= 11 is 0. The number of hydrogen-bond acceptors (Lipinski definition) is 5. The first-order valence-corrected chi connectivity index (χ1v) is 10.9. The van der Waals surface area contributed by atoms with Crippen LogP contribution in [0.3, 0.4) is 0 Å². The molecule has 0 spiro atoms. The van der Waals surface area contributed by atoms with E-state index in [2.05, 4.69) is 5.32 Å². The highest BCUT2D eigenvalue weighted by atomic mass is 32.2. The van der Waals surface area contributed by atoms with Gasteiger partial charge in [0.2, 0.25) is 15.9 Å². The average molecular weight is 422 g/mol. The van der Waals surface area contributed by atoms with Crippen molar-refractivity contribution in [1.29, 1.82) is 0 Å². The van der Waals surface area contributed by atoms with E-state index in [4.69, 9.17) is 4.74 Å². The maximum atomic E-state index is 14.3. The number of ether oxygens (including phenoxy) is 1. The minimum absolute atomic E-state index is 0.119. The van der Waals surface area contributed by atoms with Crippen molar-refractivity contribution in [3.05, 3.63) is 59.9 Å². The highest BCUT2D eigenvalue weighted by Crippen LogP contribution is 2.26. The van der Waals surface area contributed by atoms with Crippen LogP contribution in [-0.2, 0) is 19.6 Å². The van der Waals surface area contributed by atoms with E-state index in [-0.39, 0.29) is 18.7 Å². The summed E-state index contributed by atoms with van der Waals surface area (Å²) in [6, 6.07) is 10.2. The Morgan fingerprint density at radius 1 is 1.10 bits per heavy atom. The van der Waals surface area contributed by atoms with Gasteiger partial charge in [-0.15, -0.1) is 0 Å². The molecule has 0 aliphatic heterocycles. The molecule has 2 aromatic carbocycles. The van der Waals surface area contributed by atoms with Crippen LogP contribution in [0.25, 0.3) is 0 Å². The molecule has 29 heavy (non-hydrogen) atoms. The van der Waals surface area contributed by atoms with Gasteiger partial charge in [0.15, 0.2) is 0 Å². The molecule has 0 saturated heterocycles. The quantitative estimate of drug-likeness (QED) is 0.660. The zero-order valence-corrected chi connectivity index (χ0v) is 17.2. The Balaban J connectivity index is 2.28. The molecule has 2 rings (SSSR count). The van der Waals surface area contributed by atoms with Crippen LogP contribution in [-0.4, -0.2) is 39.2 Å². The number of halogens is 1. The predicted molar refractivity (Wildman–Crippen MR) is 109 cm³/mol. The van der Waals surface area contributed by atoms with Gasteiger partial charge in [0.1, 0.15) is 11.9 Å². The zero-order valence-electron chi connectivity index (χ0n) is 16.4. The smallest absolute Gasteiger partial charge is 0.338 e. The Morgan fingerprint density at radius 2 is 1.72 bits per heavy atom. The standard InChI is InChI=1S/C20H23FN2O5S/c1-4-17(23(29(3,26)27)18-9-7-6-8-16(18)21)19(24)22-15-12-10-14(11-13-15)20(25)28-5-2/h6-13,17H,4-5H2,1-3H3,(H,22,24)/t17-/m1/s1. The SMILES string of the molecule is CCOC(=O)c1ccc(NC(=O)[C@@H](CC)N(c2ccccc2F)S(C)(=O)=O)cc1. The van der Waals surface area contributed by atoms with Crippen molar-refractivity contribution in [2.75, 3.05) is 22.5 Å². The largest absolute Gasteiger partial charge is 0.462 e. The monoisotopic (exact) mass is 422 g/mol. The van der Waals surface area contributed by atoms with E-state index < -0.39 is 33.8 Å². The first-order valence-electron chi connectivity index (χ1n) is 9.01. The maximum absolute atomic E-state index is 14.3. The Morgan fingerprint density at radius 3 is 2.24 bits per heavy atom. The summed E-state index contributed by atoms with van der Waals surface area (Å²) in [4.78, 5) is 24.5. The molecule has 9 heteroatoms. The van der Waals surface area contributed by atoms with Crippen LogP contribution < -0.4 is 9.62 Å². The summed E-state index contributed by atoms with van der Waals surface area (Å²) in [5.74, 6) is -1.85. The van der Waals surface area contributed by atoms with Crippen LogP contribution >= 0.6 is 0 Å². The lowest BCUT2D eigenvalue weighted by Gasteiger charge is -2.30. The third-order valence-corrected chi connectivity index (χ3v) is 5.25. The number of sulfonamides is 1. The van der Waals surface area contributed by atoms with E-state index in [1.54, 1.807) is 13.8 Å². The average Bonchev–Trinajstić information content (AvgIpc) is 2.66. The molecular formula is C20H23FN2O5S. The van der Waals surface area contributed by atoms with Gasteiger partial charge in [0.05, 0.1) is 24.1 Å². The highest BCUT2D eigenvalue weighted by Gasteiger charge is 2.33. The van der Waals surface area contributed by atoms with Crippen molar-refractivity contribution < 1.29 is 27.1 Å². The third-order valence-electron chi connectivity index (χ3n) is 4.08. The number of anilines is 2. The molecule has 0 heterocycles. The normalized spacial score (nSPS) is 12.1. The number of nitrogens with zero attached hydrogens (tertiary/aromatic N) is 1. The summed E-state index contributed by atoms with van der Waals surface area (Å²) in [7, 11) is -3.94. The van der Waals surface area contributed by atoms with E-state index in [1.165, 1.54) is 42.5 Å². The lowest BCUT2D eigenvalue weighted by Crippen LogP contribution is -2.47. The van der Waals surface area contributed by atoms with Crippen LogP contribution in [0.4, 0.5) is 15.8 Å². The van der Waals surface area contributed by atoms with Crippen molar-refractivity contribution in [3.8, 4) is 0 Å². The lowest BCUT2D eigenvalue weighted by molar-refractivity contribution is -0.117. The minimum atomic E-state index is -3.94. The minimum Gasteiger partial charge on any atom is -0.462 e. The molecule has 0 radical (unpaired) electrons. The van der Waals surface area contributed by atoms with E-state index in [9.17, 15) is 22.4 Å². The summed E-state index contributed by atoms with van der Waals surface area (Å²) in [5.41, 5.74) is 0.485. The molecule has 156 valence electrons. The zero-order chi connectivity index (χ0) is 21.6. The van der Waals surface area contributed by atoms with Crippen LogP contribution in [0, 0.1) is 5.82 Å².